The van der Waals surface area contributed by atoms with Crippen LogP contribution >= 0.6 is 11.6 Å². The van der Waals surface area contributed by atoms with Crippen molar-refractivity contribution < 1.29 is 9.32 Å². The second-order valence-corrected chi connectivity index (χ2v) is 2.56. The summed E-state index contributed by atoms with van der Waals surface area (Å²) >= 11 is 5.58. The number of pyridine rings is 1. The average Bonchev–Trinajstić information content (AvgIpc) is 2.46. The molecule has 2 heterocycles. The number of nitrogens with zero attached hydrogens (tertiary/aromatic N) is 2. The third-order valence-corrected chi connectivity index (χ3v) is 1.65. The van der Waals surface area contributed by atoms with Gasteiger partial charge in [0, 0.05) is 0 Å². The van der Waals surface area contributed by atoms with E-state index in [1.807, 2.05) is 0 Å². The second kappa shape index (κ2) is 2.57. The van der Waals surface area contributed by atoms with Crippen LogP contribution in [-0.4, -0.2) is 16.4 Å². The summed E-state index contributed by atoms with van der Waals surface area (Å²) in [4.78, 5) is 14.2. The zero-order chi connectivity index (χ0) is 8.55. The molecule has 0 aromatic carbocycles. The van der Waals surface area contributed by atoms with E-state index in [0.29, 0.717) is 16.8 Å². The van der Waals surface area contributed by atoms with E-state index in [9.17, 15) is 4.79 Å². The molecule has 60 valence electrons. The van der Waals surface area contributed by atoms with Crippen molar-refractivity contribution in [3.8, 4) is 0 Å². The third kappa shape index (κ3) is 0.967. The summed E-state index contributed by atoms with van der Waals surface area (Å²) in [6, 6.07) is 3.22. The summed E-state index contributed by atoms with van der Waals surface area (Å²) in [7, 11) is 0. The van der Waals surface area contributed by atoms with E-state index in [4.69, 9.17) is 16.1 Å². The molecule has 0 amide bonds. The maximum atomic E-state index is 10.4. The minimum absolute atomic E-state index is 0.245. The first-order valence-electron chi connectivity index (χ1n) is 3.18. The van der Waals surface area contributed by atoms with Crippen LogP contribution in [0.15, 0.2) is 16.7 Å². The SMILES string of the molecule is O=Cc1noc2nc(Cl)ccc12. The molecule has 0 fully saturated rings. The van der Waals surface area contributed by atoms with Gasteiger partial charge in [0.2, 0.25) is 0 Å². The molecular weight excluding hydrogens is 180 g/mol. The first-order chi connectivity index (χ1) is 5.81. The topological polar surface area (TPSA) is 56.0 Å². The Bertz CT molecular complexity index is 438. The van der Waals surface area contributed by atoms with Crippen LogP contribution < -0.4 is 0 Å². The van der Waals surface area contributed by atoms with Gasteiger partial charge in [0.05, 0.1) is 5.39 Å². The van der Waals surface area contributed by atoms with Gasteiger partial charge in [0.25, 0.3) is 5.71 Å². The van der Waals surface area contributed by atoms with Gasteiger partial charge >= 0.3 is 0 Å². The number of hydrogen-bond donors (Lipinski definition) is 0. The molecule has 0 bridgehead atoms. The lowest BCUT2D eigenvalue weighted by atomic mass is 10.3. The van der Waals surface area contributed by atoms with Crippen LogP contribution in [0.5, 0.6) is 0 Å². The average molecular weight is 183 g/mol. The van der Waals surface area contributed by atoms with Crippen LogP contribution in [0.2, 0.25) is 5.15 Å². The number of hydrogen-bond acceptors (Lipinski definition) is 4. The number of halogens is 1. The smallest absolute Gasteiger partial charge is 0.259 e. The molecular formula is C7H3ClN2O2. The lowest BCUT2D eigenvalue weighted by Gasteiger charge is -1.86. The highest BCUT2D eigenvalue weighted by Gasteiger charge is 2.07. The molecule has 0 aliphatic carbocycles. The van der Waals surface area contributed by atoms with E-state index in [2.05, 4.69) is 10.1 Å². The van der Waals surface area contributed by atoms with Crippen LogP contribution in [0.1, 0.15) is 10.5 Å². The number of carbonyl (C=O) groups is 1. The zero-order valence-corrected chi connectivity index (χ0v) is 6.58. The Hall–Kier alpha value is -1.42. The van der Waals surface area contributed by atoms with Crippen molar-refractivity contribution in [3.63, 3.8) is 0 Å². The molecule has 0 radical (unpaired) electrons. The molecule has 5 heteroatoms. The number of rotatable bonds is 1. The lowest BCUT2D eigenvalue weighted by molar-refractivity contribution is 0.111. The number of aldehydes is 1. The molecule has 12 heavy (non-hydrogen) atoms. The van der Waals surface area contributed by atoms with E-state index in [1.165, 1.54) is 0 Å². The number of aromatic nitrogens is 2. The lowest BCUT2D eigenvalue weighted by Crippen LogP contribution is -1.79. The molecule has 2 rings (SSSR count). The molecule has 0 atom stereocenters. The van der Waals surface area contributed by atoms with Crippen molar-refractivity contribution in [1.82, 2.24) is 10.1 Å². The Morgan fingerprint density at radius 3 is 3.08 bits per heavy atom. The molecule has 4 nitrogen and oxygen atoms in total. The van der Waals surface area contributed by atoms with Gasteiger partial charge in [-0.15, -0.1) is 0 Å². The van der Waals surface area contributed by atoms with Crippen molar-refractivity contribution in [2.24, 2.45) is 0 Å². The molecule has 2 aromatic rings. The predicted molar refractivity (Wildman–Crippen MR) is 42.2 cm³/mol. The normalized spacial score (nSPS) is 10.4. The Labute approximate surface area is 72.1 Å². The highest BCUT2D eigenvalue weighted by molar-refractivity contribution is 6.29. The standard InChI is InChI=1S/C7H3ClN2O2/c8-6-2-1-4-5(3-11)10-12-7(4)9-6/h1-3H. The monoisotopic (exact) mass is 182 g/mol. The zero-order valence-electron chi connectivity index (χ0n) is 5.82. The van der Waals surface area contributed by atoms with Gasteiger partial charge in [0.15, 0.2) is 12.0 Å². The molecule has 0 aliphatic heterocycles. The Morgan fingerprint density at radius 2 is 2.33 bits per heavy atom. The van der Waals surface area contributed by atoms with Crippen molar-refractivity contribution in [2.75, 3.05) is 0 Å². The second-order valence-electron chi connectivity index (χ2n) is 2.17. The van der Waals surface area contributed by atoms with Crippen LogP contribution in [0, 0.1) is 0 Å². The molecule has 0 N–H and O–H groups in total. The maximum absolute atomic E-state index is 10.4. The first-order valence-corrected chi connectivity index (χ1v) is 3.56. The third-order valence-electron chi connectivity index (χ3n) is 1.44. The Kier molecular flexibility index (Phi) is 1.55. The van der Waals surface area contributed by atoms with Crippen LogP contribution in [0.3, 0.4) is 0 Å². The van der Waals surface area contributed by atoms with Gasteiger partial charge in [-0.05, 0) is 12.1 Å². The van der Waals surface area contributed by atoms with Crippen molar-refractivity contribution in [3.05, 3.63) is 23.0 Å². The Morgan fingerprint density at radius 1 is 1.50 bits per heavy atom. The van der Waals surface area contributed by atoms with Gasteiger partial charge in [-0.3, -0.25) is 4.79 Å². The van der Waals surface area contributed by atoms with Gasteiger partial charge in [-0.25, -0.2) is 0 Å². The van der Waals surface area contributed by atoms with E-state index >= 15 is 0 Å². The number of fused-ring (bicyclic) bond motifs is 1. The van der Waals surface area contributed by atoms with E-state index in [0.717, 1.165) is 0 Å². The van der Waals surface area contributed by atoms with Gasteiger partial charge in [-0.1, -0.05) is 16.8 Å². The summed E-state index contributed by atoms with van der Waals surface area (Å²) in [5.41, 5.74) is 0.527. The molecule has 0 saturated heterocycles. The largest absolute Gasteiger partial charge is 0.335 e. The fourth-order valence-corrected chi connectivity index (χ4v) is 1.05. The fraction of sp³-hybridized carbons (Fsp3) is 0. The van der Waals surface area contributed by atoms with E-state index in [1.54, 1.807) is 12.1 Å². The number of carbonyl (C=O) groups excluding carboxylic acids is 1. The molecule has 0 spiro atoms. The summed E-state index contributed by atoms with van der Waals surface area (Å²) in [6.07, 6.45) is 0.613. The van der Waals surface area contributed by atoms with Gasteiger partial charge in [0.1, 0.15) is 5.15 Å². The fourth-order valence-electron chi connectivity index (χ4n) is 0.909. The van der Waals surface area contributed by atoms with E-state index in [-0.39, 0.29) is 11.4 Å². The highest BCUT2D eigenvalue weighted by atomic mass is 35.5. The summed E-state index contributed by atoms with van der Waals surface area (Å²) < 4.78 is 4.74. The van der Waals surface area contributed by atoms with Gasteiger partial charge < -0.3 is 4.52 Å². The summed E-state index contributed by atoms with van der Waals surface area (Å²) in [5.74, 6) is 0. The minimum Gasteiger partial charge on any atom is -0.335 e. The molecule has 0 aliphatic rings. The van der Waals surface area contributed by atoms with Crippen LogP contribution in [0.25, 0.3) is 11.1 Å². The first kappa shape index (κ1) is 7.24. The molecule has 2 aromatic heterocycles. The Balaban J connectivity index is 2.81. The highest BCUT2D eigenvalue weighted by Crippen LogP contribution is 2.17. The van der Waals surface area contributed by atoms with Crippen LogP contribution in [-0.2, 0) is 0 Å². The van der Waals surface area contributed by atoms with Gasteiger partial charge in [-0.2, -0.15) is 4.98 Å². The molecule has 0 saturated carbocycles. The van der Waals surface area contributed by atoms with Crippen molar-refractivity contribution >= 4 is 29.0 Å². The van der Waals surface area contributed by atoms with Crippen molar-refractivity contribution in [2.45, 2.75) is 0 Å². The summed E-state index contributed by atoms with van der Waals surface area (Å²) in [5, 5.41) is 4.38. The molecule has 0 unspecified atom stereocenters. The predicted octanol–water partition coefficient (Wildman–Crippen LogP) is 1.69. The van der Waals surface area contributed by atoms with E-state index < -0.39 is 0 Å². The van der Waals surface area contributed by atoms with Crippen LogP contribution in [0.4, 0.5) is 0 Å². The quantitative estimate of drug-likeness (QED) is 0.498. The summed E-state index contributed by atoms with van der Waals surface area (Å²) in [6.45, 7) is 0. The minimum atomic E-state index is 0.245. The maximum Gasteiger partial charge on any atom is 0.259 e. The van der Waals surface area contributed by atoms with Crippen molar-refractivity contribution in [1.29, 1.82) is 0 Å².